The molecule has 0 aliphatic heterocycles. The number of hydrogen-bond donors (Lipinski definition) is 1. The predicted octanol–water partition coefficient (Wildman–Crippen LogP) is 2.02. The molecule has 0 aromatic heterocycles. The van der Waals surface area contributed by atoms with Gasteiger partial charge in [0.15, 0.2) is 0 Å². The van der Waals surface area contributed by atoms with Gasteiger partial charge in [0.25, 0.3) is 0 Å². The fourth-order valence-electron chi connectivity index (χ4n) is 1.40. The Balaban J connectivity index is 2.55. The minimum Gasteiger partial charge on any atom is -0.396 e. The van der Waals surface area contributed by atoms with E-state index in [0.717, 1.165) is 5.56 Å². The number of aliphatic hydroxyl groups excluding tert-OH is 1. The Hall–Kier alpha value is -1.59. The van der Waals surface area contributed by atoms with Gasteiger partial charge in [0.1, 0.15) is 5.78 Å². The molecule has 0 saturated carbocycles. The highest BCUT2D eigenvalue weighted by Gasteiger charge is 2.11. The highest BCUT2D eigenvalue weighted by molar-refractivity contribution is 5.78. The van der Waals surface area contributed by atoms with Crippen molar-refractivity contribution in [3.8, 4) is 11.8 Å². The summed E-state index contributed by atoms with van der Waals surface area (Å²) in [5, 5.41) is 8.80. The zero-order valence-corrected chi connectivity index (χ0v) is 9.44. The summed E-state index contributed by atoms with van der Waals surface area (Å²) in [6.45, 7) is 1.59. The maximum atomic E-state index is 11.2. The molecule has 0 aliphatic carbocycles. The van der Waals surface area contributed by atoms with Crippen molar-refractivity contribution < 1.29 is 9.90 Å². The van der Waals surface area contributed by atoms with Gasteiger partial charge in [0, 0.05) is 24.5 Å². The Bertz CT molecular complexity index is 384. The van der Waals surface area contributed by atoms with E-state index in [1.807, 2.05) is 30.3 Å². The lowest BCUT2D eigenvalue weighted by Crippen LogP contribution is -2.11. The molecule has 0 bridgehead atoms. The molecule has 1 atom stereocenters. The van der Waals surface area contributed by atoms with E-state index >= 15 is 0 Å². The quantitative estimate of drug-likeness (QED) is 0.782. The standard InChI is InChI=1S/C14H16O2/c1-12(16)14(10-11-15)9-5-8-13-6-3-2-4-7-13/h2-4,6-7,14-15H,9-11H2,1H3. The molecular formula is C14H16O2. The molecule has 2 heteroatoms. The number of benzene rings is 1. The van der Waals surface area contributed by atoms with Crippen molar-refractivity contribution in [3.63, 3.8) is 0 Å². The molecule has 1 rings (SSSR count). The van der Waals surface area contributed by atoms with Crippen LogP contribution in [0.4, 0.5) is 0 Å². The molecule has 1 aromatic carbocycles. The van der Waals surface area contributed by atoms with Crippen molar-refractivity contribution >= 4 is 5.78 Å². The largest absolute Gasteiger partial charge is 0.396 e. The van der Waals surface area contributed by atoms with Crippen LogP contribution in [0.2, 0.25) is 0 Å². The van der Waals surface area contributed by atoms with E-state index in [4.69, 9.17) is 5.11 Å². The number of carbonyl (C=O) groups is 1. The number of Topliss-reactive ketones (excluding diaryl/α,β-unsaturated/α-hetero) is 1. The van der Waals surface area contributed by atoms with Gasteiger partial charge in [-0.05, 0) is 25.5 Å². The summed E-state index contributed by atoms with van der Waals surface area (Å²) < 4.78 is 0. The minimum atomic E-state index is -0.138. The van der Waals surface area contributed by atoms with E-state index in [9.17, 15) is 4.79 Å². The van der Waals surface area contributed by atoms with Gasteiger partial charge in [-0.2, -0.15) is 0 Å². The molecule has 0 fully saturated rings. The van der Waals surface area contributed by atoms with Gasteiger partial charge in [-0.25, -0.2) is 0 Å². The molecular weight excluding hydrogens is 200 g/mol. The fraction of sp³-hybridized carbons (Fsp3) is 0.357. The van der Waals surface area contributed by atoms with E-state index in [-0.39, 0.29) is 18.3 Å². The van der Waals surface area contributed by atoms with Gasteiger partial charge < -0.3 is 5.11 Å². The molecule has 2 nitrogen and oxygen atoms in total. The third-order valence-corrected chi connectivity index (χ3v) is 2.41. The number of rotatable bonds is 4. The number of carbonyl (C=O) groups excluding carboxylic acids is 1. The van der Waals surface area contributed by atoms with Gasteiger partial charge in [-0.15, -0.1) is 0 Å². The fourth-order valence-corrected chi connectivity index (χ4v) is 1.40. The van der Waals surface area contributed by atoms with Crippen molar-refractivity contribution in [1.29, 1.82) is 0 Å². The van der Waals surface area contributed by atoms with E-state index in [1.165, 1.54) is 0 Å². The minimum absolute atomic E-state index is 0.0390. The van der Waals surface area contributed by atoms with Crippen LogP contribution in [0.15, 0.2) is 30.3 Å². The van der Waals surface area contributed by atoms with Gasteiger partial charge in [-0.1, -0.05) is 30.0 Å². The first-order chi connectivity index (χ1) is 7.74. The maximum absolute atomic E-state index is 11.2. The summed E-state index contributed by atoms with van der Waals surface area (Å²) >= 11 is 0. The van der Waals surface area contributed by atoms with Crippen molar-refractivity contribution in [2.24, 2.45) is 5.92 Å². The average Bonchev–Trinajstić information content (AvgIpc) is 2.29. The highest BCUT2D eigenvalue weighted by atomic mass is 16.3. The van der Waals surface area contributed by atoms with E-state index in [0.29, 0.717) is 12.8 Å². The van der Waals surface area contributed by atoms with Crippen LogP contribution in [0.1, 0.15) is 25.3 Å². The average molecular weight is 216 g/mol. The summed E-state index contributed by atoms with van der Waals surface area (Å²) in [6, 6.07) is 9.67. The van der Waals surface area contributed by atoms with E-state index < -0.39 is 0 Å². The van der Waals surface area contributed by atoms with Crippen LogP contribution in [-0.2, 0) is 4.79 Å². The van der Waals surface area contributed by atoms with Crippen LogP contribution < -0.4 is 0 Å². The van der Waals surface area contributed by atoms with Crippen LogP contribution in [-0.4, -0.2) is 17.5 Å². The second-order valence-electron chi connectivity index (χ2n) is 3.69. The highest BCUT2D eigenvalue weighted by Crippen LogP contribution is 2.08. The molecule has 1 N–H and O–H groups in total. The second kappa shape index (κ2) is 6.81. The number of hydrogen-bond acceptors (Lipinski definition) is 2. The number of ketones is 1. The Labute approximate surface area is 96.3 Å². The number of aliphatic hydroxyl groups is 1. The first-order valence-electron chi connectivity index (χ1n) is 5.39. The maximum Gasteiger partial charge on any atom is 0.133 e. The first-order valence-corrected chi connectivity index (χ1v) is 5.39. The summed E-state index contributed by atoms with van der Waals surface area (Å²) in [6.07, 6.45) is 1.02. The summed E-state index contributed by atoms with van der Waals surface area (Å²) in [4.78, 5) is 11.2. The molecule has 1 unspecified atom stereocenters. The van der Waals surface area contributed by atoms with Crippen molar-refractivity contribution in [1.82, 2.24) is 0 Å². The van der Waals surface area contributed by atoms with E-state index in [2.05, 4.69) is 11.8 Å². The lowest BCUT2D eigenvalue weighted by molar-refractivity contribution is -0.121. The predicted molar refractivity (Wildman–Crippen MR) is 63.8 cm³/mol. The Kier molecular flexibility index (Phi) is 5.31. The molecule has 0 radical (unpaired) electrons. The molecule has 1 aromatic rings. The summed E-state index contributed by atoms with van der Waals surface area (Å²) in [7, 11) is 0. The third-order valence-electron chi connectivity index (χ3n) is 2.41. The molecule has 0 aliphatic rings. The Morgan fingerprint density at radius 1 is 1.38 bits per heavy atom. The van der Waals surface area contributed by atoms with Crippen molar-refractivity contribution in [2.75, 3.05) is 6.61 Å². The Morgan fingerprint density at radius 2 is 2.06 bits per heavy atom. The second-order valence-corrected chi connectivity index (χ2v) is 3.69. The topological polar surface area (TPSA) is 37.3 Å². The zero-order chi connectivity index (χ0) is 11.8. The van der Waals surface area contributed by atoms with Gasteiger partial charge >= 0.3 is 0 Å². The Morgan fingerprint density at radius 3 is 2.62 bits per heavy atom. The van der Waals surface area contributed by atoms with Gasteiger partial charge in [-0.3, -0.25) is 4.79 Å². The van der Waals surface area contributed by atoms with Crippen LogP contribution in [0.5, 0.6) is 0 Å². The van der Waals surface area contributed by atoms with Gasteiger partial charge in [0.2, 0.25) is 0 Å². The SMILES string of the molecule is CC(=O)C(CC#Cc1ccccc1)CCO. The molecule has 0 spiro atoms. The zero-order valence-electron chi connectivity index (χ0n) is 9.44. The van der Waals surface area contributed by atoms with Crippen LogP contribution in [0.3, 0.4) is 0 Å². The molecule has 84 valence electrons. The summed E-state index contributed by atoms with van der Waals surface area (Å²) in [5.41, 5.74) is 0.953. The van der Waals surface area contributed by atoms with Crippen LogP contribution in [0, 0.1) is 17.8 Å². The normalized spacial score (nSPS) is 11.4. The first kappa shape index (κ1) is 12.5. The lowest BCUT2D eigenvalue weighted by atomic mass is 9.98. The monoisotopic (exact) mass is 216 g/mol. The molecule has 0 saturated heterocycles. The third kappa shape index (κ3) is 4.29. The molecule has 16 heavy (non-hydrogen) atoms. The van der Waals surface area contributed by atoms with Crippen LogP contribution in [0.25, 0.3) is 0 Å². The van der Waals surface area contributed by atoms with Crippen LogP contribution >= 0.6 is 0 Å². The van der Waals surface area contributed by atoms with E-state index in [1.54, 1.807) is 6.92 Å². The smallest absolute Gasteiger partial charge is 0.133 e. The molecule has 0 heterocycles. The van der Waals surface area contributed by atoms with Crippen molar-refractivity contribution in [2.45, 2.75) is 19.8 Å². The molecule has 0 amide bonds. The summed E-state index contributed by atoms with van der Waals surface area (Å²) in [5.74, 6) is 5.95. The lowest BCUT2D eigenvalue weighted by Gasteiger charge is -2.06. The van der Waals surface area contributed by atoms with Gasteiger partial charge in [0.05, 0.1) is 0 Å². The van der Waals surface area contributed by atoms with Crippen molar-refractivity contribution in [3.05, 3.63) is 35.9 Å².